The lowest BCUT2D eigenvalue weighted by atomic mass is 9.95. The number of ketones is 1. The van der Waals surface area contributed by atoms with Gasteiger partial charge >= 0.3 is 0 Å². The van der Waals surface area contributed by atoms with Crippen molar-refractivity contribution in [2.75, 3.05) is 6.79 Å². The molecule has 3 heterocycles. The highest BCUT2D eigenvalue weighted by Crippen LogP contribution is 2.42. The maximum absolute atomic E-state index is 12.5. The number of carbonyl (C=O) groups is 1. The van der Waals surface area contributed by atoms with Gasteiger partial charge in [-0.05, 0) is 35.9 Å². The van der Waals surface area contributed by atoms with Crippen molar-refractivity contribution in [3.8, 4) is 17.2 Å². The summed E-state index contributed by atoms with van der Waals surface area (Å²) in [4.78, 5) is 12.5. The Kier molecular flexibility index (Phi) is 2.47. The Morgan fingerprint density at radius 2 is 1.91 bits per heavy atom. The van der Waals surface area contributed by atoms with Gasteiger partial charge in [-0.25, -0.2) is 0 Å². The summed E-state index contributed by atoms with van der Waals surface area (Å²) in [7, 11) is 0. The average Bonchev–Trinajstić information content (AvgIpc) is 3.22. The van der Waals surface area contributed by atoms with Gasteiger partial charge in [0.05, 0.1) is 23.6 Å². The van der Waals surface area contributed by atoms with Gasteiger partial charge in [0.25, 0.3) is 0 Å². The summed E-state index contributed by atoms with van der Waals surface area (Å²) in [6.07, 6.45) is 1.56. The van der Waals surface area contributed by atoms with Crippen LogP contribution < -0.4 is 14.2 Å². The third-order valence-corrected chi connectivity index (χ3v) is 4.29. The number of fused-ring (bicyclic) bond motifs is 4. The van der Waals surface area contributed by atoms with Crippen molar-refractivity contribution >= 4 is 16.8 Å². The first-order chi connectivity index (χ1) is 11.3. The van der Waals surface area contributed by atoms with Crippen LogP contribution in [-0.4, -0.2) is 12.6 Å². The predicted molar refractivity (Wildman–Crippen MR) is 81.1 cm³/mol. The van der Waals surface area contributed by atoms with Crippen LogP contribution in [0.5, 0.6) is 17.2 Å². The van der Waals surface area contributed by atoms with Crippen LogP contribution in [0.2, 0.25) is 0 Å². The first-order valence-corrected chi connectivity index (χ1v) is 7.39. The summed E-state index contributed by atoms with van der Waals surface area (Å²) in [5.41, 5.74) is 2.22. The smallest absolute Gasteiger partial charge is 0.231 e. The van der Waals surface area contributed by atoms with E-state index in [1.807, 2.05) is 24.3 Å². The normalized spacial score (nSPS) is 18.8. The van der Waals surface area contributed by atoms with Crippen LogP contribution in [0.1, 0.15) is 28.4 Å². The zero-order valence-electron chi connectivity index (χ0n) is 12.1. The van der Waals surface area contributed by atoms with Crippen molar-refractivity contribution in [2.45, 2.75) is 12.5 Å². The fourth-order valence-corrected chi connectivity index (χ4v) is 3.13. The molecule has 2 aliphatic heterocycles. The molecular formula is C18H12O5. The Balaban J connectivity index is 1.59. The average molecular weight is 308 g/mol. The Bertz CT molecular complexity index is 940. The molecule has 1 aromatic heterocycles. The van der Waals surface area contributed by atoms with E-state index in [1.54, 1.807) is 18.4 Å². The van der Waals surface area contributed by atoms with Crippen molar-refractivity contribution in [1.29, 1.82) is 0 Å². The van der Waals surface area contributed by atoms with E-state index in [0.29, 0.717) is 34.8 Å². The first kappa shape index (κ1) is 12.6. The van der Waals surface area contributed by atoms with Crippen molar-refractivity contribution < 1.29 is 23.4 Å². The highest BCUT2D eigenvalue weighted by atomic mass is 16.7. The number of Topliss-reactive ketones (excluding diaryl/α,β-unsaturated/α-hetero) is 1. The molecule has 0 saturated carbocycles. The van der Waals surface area contributed by atoms with Crippen LogP contribution in [0, 0.1) is 0 Å². The lowest BCUT2D eigenvalue weighted by Crippen LogP contribution is -2.20. The van der Waals surface area contributed by atoms with E-state index in [0.717, 1.165) is 10.9 Å². The number of hydrogen-bond donors (Lipinski definition) is 0. The molecule has 5 rings (SSSR count). The minimum atomic E-state index is -0.343. The largest absolute Gasteiger partial charge is 0.484 e. The number of furan rings is 1. The Hall–Kier alpha value is -2.95. The van der Waals surface area contributed by atoms with E-state index < -0.39 is 0 Å². The second-order valence-corrected chi connectivity index (χ2v) is 5.62. The minimum Gasteiger partial charge on any atom is -0.484 e. The van der Waals surface area contributed by atoms with Crippen LogP contribution in [0.4, 0.5) is 0 Å². The maximum Gasteiger partial charge on any atom is 0.231 e. The molecule has 0 saturated heterocycles. The predicted octanol–water partition coefficient (Wildman–Crippen LogP) is 3.87. The third kappa shape index (κ3) is 1.83. The third-order valence-electron chi connectivity index (χ3n) is 4.29. The Morgan fingerprint density at radius 3 is 2.87 bits per heavy atom. The van der Waals surface area contributed by atoms with Crippen molar-refractivity contribution in [2.24, 2.45) is 0 Å². The van der Waals surface area contributed by atoms with Gasteiger partial charge < -0.3 is 18.6 Å². The number of ether oxygens (including phenoxy) is 3. The molecule has 0 fully saturated rings. The fourth-order valence-electron chi connectivity index (χ4n) is 3.13. The van der Waals surface area contributed by atoms with Crippen LogP contribution in [0.15, 0.2) is 47.1 Å². The van der Waals surface area contributed by atoms with Crippen molar-refractivity contribution in [3.05, 3.63) is 53.8 Å². The quantitative estimate of drug-likeness (QED) is 0.683. The Labute approximate surface area is 131 Å². The van der Waals surface area contributed by atoms with Crippen LogP contribution >= 0.6 is 0 Å². The molecule has 2 aliphatic rings. The van der Waals surface area contributed by atoms with Gasteiger partial charge in [0.2, 0.25) is 6.79 Å². The standard InChI is InChI=1S/C18H12O5/c19-13-8-16(10-1-3-15-17(7-10)22-9-21-15)23-18-11(13)2-4-14-12(18)5-6-20-14/h1-7,16H,8-9H2/t16-/m1/s1. The topological polar surface area (TPSA) is 57.9 Å². The van der Waals surface area contributed by atoms with Crippen molar-refractivity contribution in [1.82, 2.24) is 0 Å². The van der Waals surface area contributed by atoms with Gasteiger partial charge in [-0.3, -0.25) is 4.79 Å². The zero-order chi connectivity index (χ0) is 15.4. The van der Waals surface area contributed by atoms with E-state index in [1.165, 1.54) is 0 Å². The Morgan fingerprint density at radius 1 is 1.00 bits per heavy atom. The van der Waals surface area contributed by atoms with E-state index in [2.05, 4.69) is 0 Å². The summed E-state index contributed by atoms with van der Waals surface area (Å²) in [6, 6.07) is 11.0. The van der Waals surface area contributed by atoms with E-state index in [9.17, 15) is 4.79 Å². The molecule has 0 radical (unpaired) electrons. The summed E-state index contributed by atoms with van der Waals surface area (Å²) < 4.78 is 22.3. The number of benzene rings is 2. The molecule has 5 heteroatoms. The molecule has 1 atom stereocenters. The SMILES string of the molecule is O=C1C[C@H](c2ccc3c(c2)OCO3)Oc2c1ccc1occc21. The highest BCUT2D eigenvalue weighted by molar-refractivity contribution is 6.05. The molecule has 0 unspecified atom stereocenters. The second kappa shape index (κ2) is 4.52. The lowest BCUT2D eigenvalue weighted by molar-refractivity contribution is 0.0853. The molecule has 0 N–H and O–H groups in total. The highest BCUT2D eigenvalue weighted by Gasteiger charge is 2.30. The number of hydrogen-bond acceptors (Lipinski definition) is 5. The van der Waals surface area contributed by atoms with Gasteiger partial charge in [-0.2, -0.15) is 0 Å². The second-order valence-electron chi connectivity index (χ2n) is 5.62. The van der Waals surface area contributed by atoms with Crippen molar-refractivity contribution in [3.63, 3.8) is 0 Å². The summed E-state index contributed by atoms with van der Waals surface area (Å²) in [5.74, 6) is 2.06. The molecule has 5 nitrogen and oxygen atoms in total. The molecule has 0 amide bonds. The molecule has 23 heavy (non-hydrogen) atoms. The van der Waals surface area contributed by atoms with E-state index >= 15 is 0 Å². The number of rotatable bonds is 1. The van der Waals surface area contributed by atoms with Crippen LogP contribution in [0.3, 0.4) is 0 Å². The lowest BCUT2D eigenvalue weighted by Gasteiger charge is -2.26. The molecule has 0 bridgehead atoms. The van der Waals surface area contributed by atoms with Gasteiger partial charge in [0, 0.05) is 0 Å². The molecule has 0 aliphatic carbocycles. The van der Waals surface area contributed by atoms with Gasteiger partial charge in [-0.15, -0.1) is 0 Å². The summed E-state index contributed by atoms with van der Waals surface area (Å²) in [6.45, 7) is 0.224. The van der Waals surface area contributed by atoms with Gasteiger partial charge in [0.1, 0.15) is 17.4 Å². The zero-order valence-corrected chi connectivity index (χ0v) is 12.1. The minimum absolute atomic E-state index is 0.0667. The molecule has 2 aromatic carbocycles. The fraction of sp³-hybridized carbons (Fsp3) is 0.167. The monoisotopic (exact) mass is 308 g/mol. The van der Waals surface area contributed by atoms with Gasteiger partial charge in [-0.1, -0.05) is 6.07 Å². The van der Waals surface area contributed by atoms with E-state index in [-0.39, 0.29) is 18.7 Å². The molecule has 0 spiro atoms. The summed E-state index contributed by atoms with van der Waals surface area (Å²) in [5, 5.41) is 0.821. The maximum atomic E-state index is 12.5. The first-order valence-electron chi connectivity index (χ1n) is 7.39. The molecule has 3 aromatic rings. The number of carbonyl (C=O) groups excluding carboxylic acids is 1. The van der Waals surface area contributed by atoms with Crippen LogP contribution in [-0.2, 0) is 0 Å². The van der Waals surface area contributed by atoms with Gasteiger partial charge in [0.15, 0.2) is 17.3 Å². The van der Waals surface area contributed by atoms with Crippen LogP contribution in [0.25, 0.3) is 11.0 Å². The molecule has 114 valence electrons. The molecular weight excluding hydrogens is 296 g/mol. The van der Waals surface area contributed by atoms with E-state index in [4.69, 9.17) is 18.6 Å². The summed E-state index contributed by atoms with van der Waals surface area (Å²) >= 11 is 0.